The lowest BCUT2D eigenvalue weighted by Gasteiger charge is -2.05. The van der Waals surface area contributed by atoms with E-state index in [-0.39, 0.29) is 0 Å². The number of ether oxygens (including phenoxy) is 2. The second-order valence-corrected chi connectivity index (χ2v) is 6.76. The van der Waals surface area contributed by atoms with Crippen molar-refractivity contribution in [3.8, 4) is 0 Å². The molecule has 1 aromatic heterocycles. The number of hydrogen-bond donors (Lipinski definition) is 1. The number of methoxy groups -OCH3 is 1. The van der Waals surface area contributed by atoms with Crippen LogP contribution in [0.4, 0.5) is 5.13 Å². The third-order valence-corrected chi connectivity index (χ3v) is 4.26. The minimum absolute atomic E-state index is 0.672. The molecule has 0 bridgehead atoms. The fourth-order valence-corrected chi connectivity index (χ4v) is 2.91. The second kappa shape index (κ2) is 10.4. The van der Waals surface area contributed by atoms with Crippen LogP contribution in [0.3, 0.4) is 0 Å². The maximum Gasteiger partial charge on any atom is 0.206 e. The van der Waals surface area contributed by atoms with Crippen molar-refractivity contribution in [1.82, 2.24) is 10.2 Å². The van der Waals surface area contributed by atoms with Gasteiger partial charge in [-0.05, 0) is 12.3 Å². The summed E-state index contributed by atoms with van der Waals surface area (Å²) in [5.74, 6) is 1.63. The molecule has 0 aliphatic heterocycles. The van der Waals surface area contributed by atoms with Gasteiger partial charge in [0.1, 0.15) is 0 Å². The van der Waals surface area contributed by atoms with Crippen molar-refractivity contribution >= 4 is 28.2 Å². The van der Waals surface area contributed by atoms with Crippen molar-refractivity contribution < 1.29 is 9.47 Å². The summed E-state index contributed by atoms with van der Waals surface area (Å²) in [6.07, 6.45) is 1.12. The highest BCUT2D eigenvalue weighted by Gasteiger charge is 2.04. The van der Waals surface area contributed by atoms with E-state index < -0.39 is 0 Å². The molecule has 1 N–H and O–H groups in total. The van der Waals surface area contributed by atoms with Gasteiger partial charge in [-0.2, -0.15) is 0 Å². The molecule has 0 fully saturated rings. The highest BCUT2D eigenvalue weighted by atomic mass is 32.2. The highest BCUT2D eigenvalue weighted by molar-refractivity contribution is 8.01. The van der Waals surface area contributed by atoms with E-state index in [9.17, 15) is 0 Å². The standard InChI is InChI=1S/C12H23N3O2S2/c1-10(2)4-6-17-8-9-18-12-15-14-11(19-12)13-5-7-16-3/h10H,4-9H2,1-3H3,(H,13,14). The number of aromatic nitrogens is 2. The third kappa shape index (κ3) is 8.41. The first-order valence-electron chi connectivity index (χ1n) is 6.49. The van der Waals surface area contributed by atoms with Gasteiger partial charge in [0.15, 0.2) is 4.34 Å². The largest absolute Gasteiger partial charge is 0.383 e. The molecular formula is C12H23N3O2S2. The van der Waals surface area contributed by atoms with E-state index in [0.717, 1.165) is 41.4 Å². The summed E-state index contributed by atoms with van der Waals surface area (Å²) in [5, 5.41) is 12.2. The van der Waals surface area contributed by atoms with Gasteiger partial charge >= 0.3 is 0 Å². The fourth-order valence-electron chi connectivity index (χ4n) is 1.21. The Labute approximate surface area is 123 Å². The first-order chi connectivity index (χ1) is 9.22. The molecule has 1 rings (SSSR count). The van der Waals surface area contributed by atoms with Gasteiger partial charge in [0.05, 0.1) is 13.2 Å². The van der Waals surface area contributed by atoms with Crippen LogP contribution in [0, 0.1) is 5.92 Å². The van der Waals surface area contributed by atoms with Gasteiger partial charge < -0.3 is 14.8 Å². The van der Waals surface area contributed by atoms with Gasteiger partial charge in [-0.15, -0.1) is 10.2 Å². The molecule has 0 atom stereocenters. The lowest BCUT2D eigenvalue weighted by atomic mass is 10.1. The molecule has 0 saturated heterocycles. The quantitative estimate of drug-likeness (QED) is 0.501. The van der Waals surface area contributed by atoms with Gasteiger partial charge in [-0.3, -0.25) is 0 Å². The Morgan fingerprint density at radius 2 is 2.11 bits per heavy atom. The number of anilines is 1. The molecule has 110 valence electrons. The van der Waals surface area contributed by atoms with Crippen LogP contribution in [-0.2, 0) is 9.47 Å². The molecule has 0 amide bonds. The Balaban J connectivity index is 2.06. The van der Waals surface area contributed by atoms with E-state index >= 15 is 0 Å². The SMILES string of the molecule is COCCNc1nnc(SCCOCCC(C)C)s1. The number of nitrogens with one attached hydrogen (secondary N) is 1. The molecule has 5 nitrogen and oxygen atoms in total. The summed E-state index contributed by atoms with van der Waals surface area (Å²) < 4.78 is 11.5. The molecule has 0 spiro atoms. The molecule has 1 heterocycles. The molecule has 0 aliphatic rings. The summed E-state index contributed by atoms with van der Waals surface area (Å²) in [7, 11) is 1.68. The summed E-state index contributed by atoms with van der Waals surface area (Å²) in [4.78, 5) is 0. The Hall–Kier alpha value is -0.370. The summed E-state index contributed by atoms with van der Waals surface area (Å²) >= 11 is 3.26. The molecule has 0 aromatic carbocycles. The molecule has 0 aliphatic carbocycles. The van der Waals surface area contributed by atoms with Crippen LogP contribution >= 0.6 is 23.1 Å². The van der Waals surface area contributed by atoms with Crippen molar-refractivity contribution in [3.05, 3.63) is 0 Å². The third-order valence-electron chi connectivity index (χ3n) is 2.28. The molecule has 0 saturated carbocycles. The fraction of sp³-hybridized carbons (Fsp3) is 0.833. The highest BCUT2D eigenvalue weighted by Crippen LogP contribution is 2.24. The monoisotopic (exact) mass is 305 g/mol. The van der Waals surface area contributed by atoms with Crippen molar-refractivity contribution in [1.29, 1.82) is 0 Å². The van der Waals surface area contributed by atoms with Gasteiger partial charge in [0.2, 0.25) is 5.13 Å². The zero-order valence-electron chi connectivity index (χ0n) is 11.8. The van der Waals surface area contributed by atoms with E-state index in [1.807, 2.05) is 0 Å². The average molecular weight is 305 g/mol. The minimum Gasteiger partial charge on any atom is -0.383 e. The van der Waals surface area contributed by atoms with Crippen LogP contribution in [0.1, 0.15) is 20.3 Å². The van der Waals surface area contributed by atoms with Crippen molar-refractivity contribution in [2.45, 2.75) is 24.6 Å². The molecule has 19 heavy (non-hydrogen) atoms. The summed E-state index contributed by atoms with van der Waals surface area (Å²) in [6, 6.07) is 0. The first-order valence-corrected chi connectivity index (χ1v) is 8.29. The van der Waals surface area contributed by atoms with Crippen molar-refractivity contribution in [2.75, 3.05) is 44.5 Å². The summed E-state index contributed by atoms with van der Waals surface area (Å²) in [6.45, 7) is 7.45. The number of nitrogens with zero attached hydrogens (tertiary/aromatic N) is 2. The van der Waals surface area contributed by atoms with Crippen molar-refractivity contribution in [2.24, 2.45) is 5.92 Å². The lowest BCUT2D eigenvalue weighted by Crippen LogP contribution is -2.06. The smallest absolute Gasteiger partial charge is 0.206 e. The molecule has 0 unspecified atom stereocenters. The predicted octanol–water partition coefficient (Wildman–Crippen LogP) is 2.75. The van der Waals surface area contributed by atoms with Gasteiger partial charge in [0, 0.05) is 26.0 Å². The molecule has 7 heteroatoms. The predicted molar refractivity (Wildman–Crippen MR) is 81.3 cm³/mol. The maximum atomic E-state index is 5.56. The van der Waals surface area contributed by atoms with Crippen LogP contribution in [0.25, 0.3) is 0 Å². The van der Waals surface area contributed by atoms with Crippen LogP contribution in [0.5, 0.6) is 0 Å². The zero-order chi connectivity index (χ0) is 13.9. The van der Waals surface area contributed by atoms with Crippen LogP contribution in [0.15, 0.2) is 4.34 Å². The van der Waals surface area contributed by atoms with Crippen LogP contribution < -0.4 is 5.32 Å². The normalized spacial score (nSPS) is 11.2. The molecular weight excluding hydrogens is 282 g/mol. The Morgan fingerprint density at radius 1 is 1.26 bits per heavy atom. The van der Waals surface area contributed by atoms with E-state index in [1.165, 1.54) is 0 Å². The van der Waals surface area contributed by atoms with E-state index in [0.29, 0.717) is 12.5 Å². The van der Waals surface area contributed by atoms with Gasteiger partial charge in [-0.25, -0.2) is 0 Å². The lowest BCUT2D eigenvalue weighted by molar-refractivity contribution is 0.138. The number of thioether (sulfide) groups is 1. The average Bonchev–Trinajstić information content (AvgIpc) is 2.81. The van der Waals surface area contributed by atoms with Crippen molar-refractivity contribution in [3.63, 3.8) is 0 Å². The minimum atomic E-state index is 0.672. The summed E-state index contributed by atoms with van der Waals surface area (Å²) in [5.41, 5.74) is 0. The number of rotatable bonds is 11. The Kier molecular flexibility index (Phi) is 9.15. The maximum absolute atomic E-state index is 5.56. The Morgan fingerprint density at radius 3 is 2.84 bits per heavy atom. The second-order valence-electron chi connectivity index (χ2n) is 4.44. The van der Waals surface area contributed by atoms with Gasteiger partial charge in [-0.1, -0.05) is 36.9 Å². The zero-order valence-corrected chi connectivity index (χ0v) is 13.5. The molecule has 0 radical (unpaired) electrons. The Bertz CT molecular complexity index is 335. The van der Waals surface area contributed by atoms with E-state index in [4.69, 9.17) is 9.47 Å². The topological polar surface area (TPSA) is 56.3 Å². The van der Waals surface area contributed by atoms with Crippen LogP contribution in [-0.4, -0.2) is 49.4 Å². The number of hydrogen-bond acceptors (Lipinski definition) is 7. The van der Waals surface area contributed by atoms with E-state index in [1.54, 1.807) is 30.2 Å². The first kappa shape index (κ1) is 16.7. The van der Waals surface area contributed by atoms with Crippen LogP contribution in [0.2, 0.25) is 0 Å². The molecule has 1 aromatic rings. The van der Waals surface area contributed by atoms with Gasteiger partial charge in [0.25, 0.3) is 0 Å². The van der Waals surface area contributed by atoms with E-state index in [2.05, 4.69) is 29.4 Å².